The van der Waals surface area contributed by atoms with Crippen molar-refractivity contribution in [3.8, 4) is 5.75 Å². The monoisotopic (exact) mass is 476 g/mol. The van der Waals surface area contributed by atoms with Gasteiger partial charge in [0.05, 0.1) is 4.90 Å². The highest BCUT2D eigenvalue weighted by Crippen LogP contribution is 2.28. The summed E-state index contributed by atoms with van der Waals surface area (Å²) in [6, 6.07) is 4.27. The van der Waals surface area contributed by atoms with Crippen molar-refractivity contribution in [1.82, 2.24) is 19.8 Å². The van der Waals surface area contributed by atoms with Gasteiger partial charge in [-0.25, -0.2) is 8.42 Å². The third-order valence-electron chi connectivity index (χ3n) is 4.94. The van der Waals surface area contributed by atoms with E-state index in [1.165, 1.54) is 16.4 Å². The lowest BCUT2D eigenvalue weighted by Crippen LogP contribution is -2.43. The molecule has 0 saturated carbocycles. The van der Waals surface area contributed by atoms with E-state index in [1.54, 1.807) is 6.92 Å². The number of benzene rings is 1. The number of sulfonamides is 1. The van der Waals surface area contributed by atoms with Gasteiger partial charge in [0.2, 0.25) is 21.8 Å². The van der Waals surface area contributed by atoms with Gasteiger partial charge in [0, 0.05) is 38.0 Å². The molecule has 0 aliphatic carbocycles. The number of carbonyl (C=O) groups excluding carboxylic acids is 1. The zero-order valence-electron chi connectivity index (χ0n) is 17.3. The molecule has 1 amide bonds. The molecule has 0 radical (unpaired) electrons. The van der Waals surface area contributed by atoms with Crippen LogP contribution in [0.2, 0.25) is 0 Å². The molecule has 1 N–H and O–H groups in total. The van der Waals surface area contributed by atoms with E-state index in [9.17, 15) is 26.4 Å². The second-order valence-corrected chi connectivity index (χ2v) is 9.27. The Bertz CT molecular complexity index is 1030. The van der Waals surface area contributed by atoms with Crippen molar-refractivity contribution >= 4 is 15.9 Å². The van der Waals surface area contributed by atoms with Crippen molar-refractivity contribution in [3.05, 3.63) is 36.0 Å². The molecule has 32 heavy (non-hydrogen) atoms. The first-order valence-electron chi connectivity index (χ1n) is 9.97. The summed E-state index contributed by atoms with van der Waals surface area (Å²) in [5.41, 5.74) is 0. The normalized spacial score (nSPS) is 16.1. The van der Waals surface area contributed by atoms with Crippen molar-refractivity contribution in [2.75, 3.05) is 19.6 Å². The molecule has 2 heterocycles. The van der Waals surface area contributed by atoms with E-state index in [2.05, 4.69) is 20.2 Å². The summed E-state index contributed by atoms with van der Waals surface area (Å²) in [6.07, 6.45) is -3.14. The topological polar surface area (TPSA) is 115 Å². The van der Waals surface area contributed by atoms with E-state index < -0.39 is 22.1 Å². The average Bonchev–Trinajstić information content (AvgIpc) is 3.15. The van der Waals surface area contributed by atoms with Gasteiger partial charge >= 0.3 is 6.36 Å². The number of nitrogens with one attached hydrogen (secondary N) is 1. The molecule has 0 unspecified atom stereocenters. The number of hydrogen-bond donors (Lipinski definition) is 1. The van der Waals surface area contributed by atoms with E-state index >= 15 is 0 Å². The number of nitrogens with zero attached hydrogens (tertiary/aromatic N) is 3. The number of aryl methyl sites for hydroxylation is 2. The highest BCUT2D eigenvalue weighted by molar-refractivity contribution is 7.89. The van der Waals surface area contributed by atoms with Crippen LogP contribution in [-0.2, 0) is 21.2 Å². The van der Waals surface area contributed by atoms with Crippen LogP contribution in [0, 0.1) is 12.8 Å². The molecule has 1 saturated heterocycles. The number of alkyl halides is 3. The number of rotatable bonds is 8. The van der Waals surface area contributed by atoms with Gasteiger partial charge in [-0.15, -0.1) is 13.2 Å². The van der Waals surface area contributed by atoms with Crippen molar-refractivity contribution in [3.63, 3.8) is 0 Å². The number of carbonyl (C=O) groups is 1. The van der Waals surface area contributed by atoms with Crippen LogP contribution >= 0.6 is 0 Å². The van der Waals surface area contributed by atoms with Crippen molar-refractivity contribution in [2.45, 2.75) is 43.9 Å². The van der Waals surface area contributed by atoms with Crippen molar-refractivity contribution < 1.29 is 35.6 Å². The van der Waals surface area contributed by atoms with Gasteiger partial charge in [-0.05, 0) is 38.3 Å². The quantitative estimate of drug-likeness (QED) is 0.582. The number of ether oxygens (including phenoxy) is 1. The molecule has 1 fully saturated rings. The maximum atomic E-state index is 12.8. The molecule has 1 aliphatic heterocycles. The predicted molar refractivity (Wildman–Crippen MR) is 105 cm³/mol. The lowest BCUT2D eigenvalue weighted by atomic mass is 9.97. The smallest absolute Gasteiger partial charge is 0.406 e. The number of halogens is 3. The SMILES string of the molecule is Cc1noc(CCCNC(=O)C2CCN(S(=O)(=O)c3cccc(OC(F)(F)F)c3)CC2)n1. The number of hydrogen-bond acceptors (Lipinski definition) is 7. The Kier molecular flexibility index (Phi) is 7.39. The van der Waals surface area contributed by atoms with Crippen LogP contribution in [0.15, 0.2) is 33.7 Å². The lowest BCUT2D eigenvalue weighted by molar-refractivity contribution is -0.274. The Labute approximate surface area is 183 Å². The zero-order chi connectivity index (χ0) is 23.4. The van der Waals surface area contributed by atoms with Crippen LogP contribution < -0.4 is 10.1 Å². The summed E-state index contributed by atoms with van der Waals surface area (Å²) in [4.78, 5) is 16.2. The second kappa shape index (κ2) is 9.86. The van der Waals surface area contributed by atoms with Gasteiger partial charge in [0.15, 0.2) is 5.82 Å². The second-order valence-electron chi connectivity index (χ2n) is 7.33. The Hall–Kier alpha value is -2.67. The largest absolute Gasteiger partial charge is 0.573 e. The first-order chi connectivity index (χ1) is 15.0. The molecule has 13 heteroatoms. The lowest BCUT2D eigenvalue weighted by Gasteiger charge is -2.30. The fraction of sp³-hybridized carbons (Fsp3) is 0.526. The minimum absolute atomic E-state index is 0.0893. The van der Waals surface area contributed by atoms with Crippen LogP contribution in [0.25, 0.3) is 0 Å². The molecule has 1 aromatic heterocycles. The highest BCUT2D eigenvalue weighted by atomic mass is 32.2. The minimum Gasteiger partial charge on any atom is -0.406 e. The fourth-order valence-electron chi connectivity index (χ4n) is 3.38. The summed E-state index contributed by atoms with van der Waals surface area (Å²) in [5.74, 6) is -0.0647. The Morgan fingerprint density at radius 3 is 2.66 bits per heavy atom. The van der Waals surface area contributed by atoms with E-state index in [4.69, 9.17) is 4.52 Å². The molecule has 0 atom stereocenters. The Balaban J connectivity index is 1.49. The summed E-state index contributed by atoms with van der Waals surface area (Å²) >= 11 is 0. The fourth-order valence-corrected chi connectivity index (χ4v) is 4.88. The Morgan fingerprint density at radius 2 is 2.03 bits per heavy atom. The molecular formula is C19H23F3N4O5S. The average molecular weight is 476 g/mol. The third-order valence-corrected chi connectivity index (χ3v) is 6.83. The van der Waals surface area contributed by atoms with Crippen molar-refractivity contribution in [2.24, 2.45) is 5.92 Å². The van der Waals surface area contributed by atoms with Crippen LogP contribution in [0.3, 0.4) is 0 Å². The molecular weight excluding hydrogens is 453 g/mol. The maximum Gasteiger partial charge on any atom is 0.573 e. The number of amides is 1. The number of aromatic nitrogens is 2. The minimum atomic E-state index is -4.92. The van der Waals surface area contributed by atoms with Gasteiger partial charge in [0.25, 0.3) is 0 Å². The molecule has 1 aliphatic rings. The molecule has 3 rings (SSSR count). The van der Waals surface area contributed by atoms with Crippen LogP contribution in [-0.4, -0.2) is 54.8 Å². The van der Waals surface area contributed by atoms with Crippen molar-refractivity contribution in [1.29, 1.82) is 0 Å². The molecule has 176 valence electrons. The Morgan fingerprint density at radius 1 is 1.31 bits per heavy atom. The van der Waals surface area contributed by atoms with E-state index in [0.29, 0.717) is 43.9 Å². The highest BCUT2D eigenvalue weighted by Gasteiger charge is 2.34. The summed E-state index contributed by atoms with van der Waals surface area (Å²) in [6.45, 7) is 2.32. The van der Waals surface area contributed by atoms with Gasteiger partial charge in [-0.3, -0.25) is 4.79 Å². The van der Waals surface area contributed by atoms with E-state index in [-0.39, 0.29) is 29.8 Å². The maximum absolute atomic E-state index is 12.8. The predicted octanol–water partition coefficient (Wildman–Crippen LogP) is 2.43. The summed E-state index contributed by atoms with van der Waals surface area (Å²) in [7, 11) is -4.01. The molecule has 1 aromatic carbocycles. The molecule has 9 nitrogen and oxygen atoms in total. The van der Waals surface area contributed by atoms with E-state index in [1.807, 2.05) is 0 Å². The standard InChI is InChI=1S/C19H23F3N4O5S/c1-13-24-17(31-25-13)6-3-9-23-18(27)14-7-10-26(11-8-14)32(28,29)16-5-2-4-15(12-16)30-19(20,21)22/h2,4-5,12,14H,3,6-11H2,1H3,(H,23,27). The van der Waals surface area contributed by atoms with Crippen LogP contribution in [0.1, 0.15) is 31.0 Å². The van der Waals surface area contributed by atoms with Gasteiger partial charge in [-0.2, -0.15) is 9.29 Å². The third kappa shape index (κ3) is 6.42. The van der Waals surface area contributed by atoms with E-state index in [0.717, 1.165) is 12.1 Å². The molecule has 0 spiro atoms. The van der Waals surface area contributed by atoms with Crippen LogP contribution in [0.4, 0.5) is 13.2 Å². The van der Waals surface area contributed by atoms with Gasteiger partial charge < -0.3 is 14.6 Å². The molecule has 2 aromatic rings. The summed E-state index contributed by atoms with van der Waals surface area (Å²) in [5, 5.41) is 6.51. The summed E-state index contributed by atoms with van der Waals surface area (Å²) < 4.78 is 72.8. The number of piperidine rings is 1. The van der Waals surface area contributed by atoms with Gasteiger partial charge in [-0.1, -0.05) is 11.2 Å². The first kappa shape index (κ1) is 24.0. The first-order valence-corrected chi connectivity index (χ1v) is 11.4. The van der Waals surface area contributed by atoms with Gasteiger partial charge in [0.1, 0.15) is 5.75 Å². The molecule has 0 bridgehead atoms. The van der Waals surface area contributed by atoms with Crippen LogP contribution in [0.5, 0.6) is 5.75 Å². The zero-order valence-corrected chi connectivity index (χ0v) is 18.1.